The highest BCUT2D eigenvalue weighted by Crippen LogP contribution is 2.31. The van der Waals surface area contributed by atoms with Crippen molar-refractivity contribution in [2.45, 2.75) is 19.3 Å². The summed E-state index contributed by atoms with van der Waals surface area (Å²) in [6.07, 6.45) is 6.86. The molecule has 0 aliphatic heterocycles. The average molecular weight is 258 g/mol. The molecule has 5 nitrogen and oxygen atoms in total. The van der Waals surface area contributed by atoms with Crippen LogP contribution in [-0.4, -0.2) is 33.2 Å². The molecule has 0 spiro atoms. The summed E-state index contributed by atoms with van der Waals surface area (Å²) in [4.78, 5) is 12.8. The standard InChI is InChI=1S/C14H18N4O/c19-9-11-3-1-2-10(11)8-17-13-5-4-12-14(18-13)16-7-6-15-12/h4-7,10-11,19H,1-3,8-9H2,(H,16,17,18). The second kappa shape index (κ2) is 5.48. The molecule has 3 rings (SSSR count). The van der Waals surface area contributed by atoms with Gasteiger partial charge in [-0.05, 0) is 36.8 Å². The Balaban J connectivity index is 1.68. The zero-order valence-corrected chi connectivity index (χ0v) is 10.8. The van der Waals surface area contributed by atoms with Gasteiger partial charge in [-0.25, -0.2) is 9.97 Å². The smallest absolute Gasteiger partial charge is 0.180 e. The van der Waals surface area contributed by atoms with E-state index in [9.17, 15) is 5.11 Å². The Kier molecular flexibility index (Phi) is 3.55. The van der Waals surface area contributed by atoms with Crippen molar-refractivity contribution in [3.8, 4) is 0 Å². The van der Waals surface area contributed by atoms with Crippen molar-refractivity contribution in [2.75, 3.05) is 18.5 Å². The number of fused-ring (bicyclic) bond motifs is 1. The summed E-state index contributed by atoms with van der Waals surface area (Å²) in [7, 11) is 0. The zero-order valence-electron chi connectivity index (χ0n) is 10.8. The fraction of sp³-hybridized carbons (Fsp3) is 0.500. The Hall–Kier alpha value is -1.75. The van der Waals surface area contributed by atoms with E-state index in [4.69, 9.17) is 0 Å². The number of anilines is 1. The van der Waals surface area contributed by atoms with Gasteiger partial charge in [0.2, 0.25) is 0 Å². The fourth-order valence-corrected chi connectivity index (χ4v) is 2.81. The number of aliphatic hydroxyl groups is 1. The van der Waals surface area contributed by atoms with Crippen LogP contribution >= 0.6 is 0 Å². The predicted molar refractivity (Wildman–Crippen MR) is 73.7 cm³/mol. The van der Waals surface area contributed by atoms with Gasteiger partial charge in [0.1, 0.15) is 11.3 Å². The van der Waals surface area contributed by atoms with Crippen molar-refractivity contribution in [3.05, 3.63) is 24.5 Å². The minimum atomic E-state index is 0.295. The van der Waals surface area contributed by atoms with Crippen LogP contribution in [0.2, 0.25) is 0 Å². The minimum absolute atomic E-state index is 0.295. The van der Waals surface area contributed by atoms with Gasteiger partial charge in [-0.1, -0.05) is 6.42 Å². The van der Waals surface area contributed by atoms with Gasteiger partial charge in [-0.3, -0.25) is 4.98 Å². The molecule has 5 heteroatoms. The van der Waals surface area contributed by atoms with Gasteiger partial charge in [0.15, 0.2) is 5.65 Å². The Morgan fingerprint density at radius 3 is 2.89 bits per heavy atom. The first kappa shape index (κ1) is 12.3. The molecule has 0 saturated heterocycles. The van der Waals surface area contributed by atoms with Gasteiger partial charge in [0, 0.05) is 25.5 Å². The van der Waals surface area contributed by atoms with E-state index in [1.807, 2.05) is 12.1 Å². The number of nitrogens with one attached hydrogen (secondary N) is 1. The van der Waals surface area contributed by atoms with E-state index in [-0.39, 0.29) is 0 Å². The minimum Gasteiger partial charge on any atom is -0.396 e. The van der Waals surface area contributed by atoms with E-state index >= 15 is 0 Å². The van der Waals surface area contributed by atoms with Gasteiger partial charge < -0.3 is 10.4 Å². The highest BCUT2D eigenvalue weighted by Gasteiger charge is 2.26. The van der Waals surface area contributed by atoms with Gasteiger partial charge in [0.25, 0.3) is 0 Å². The molecule has 2 atom stereocenters. The van der Waals surface area contributed by atoms with Crippen molar-refractivity contribution in [1.82, 2.24) is 15.0 Å². The summed E-state index contributed by atoms with van der Waals surface area (Å²) >= 11 is 0. The lowest BCUT2D eigenvalue weighted by atomic mass is 9.97. The van der Waals surface area contributed by atoms with Gasteiger partial charge >= 0.3 is 0 Å². The Morgan fingerprint density at radius 2 is 2.00 bits per heavy atom. The van der Waals surface area contributed by atoms with Crippen LogP contribution in [0.15, 0.2) is 24.5 Å². The molecule has 2 aromatic rings. The monoisotopic (exact) mass is 258 g/mol. The van der Waals surface area contributed by atoms with Crippen LogP contribution in [0.25, 0.3) is 11.2 Å². The molecular weight excluding hydrogens is 240 g/mol. The molecule has 100 valence electrons. The molecular formula is C14H18N4O. The first-order chi connectivity index (χ1) is 9.36. The lowest BCUT2D eigenvalue weighted by molar-refractivity contribution is 0.199. The van der Waals surface area contributed by atoms with Crippen LogP contribution in [0.3, 0.4) is 0 Å². The van der Waals surface area contributed by atoms with Gasteiger partial charge in [-0.15, -0.1) is 0 Å². The summed E-state index contributed by atoms with van der Waals surface area (Å²) in [5, 5.41) is 12.7. The molecule has 1 fully saturated rings. The Morgan fingerprint density at radius 1 is 1.16 bits per heavy atom. The molecule has 1 aliphatic carbocycles. The van der Waals surface area contributed by atoms with Crippen LogP contribution in [0.1, 0.15) is 19.3 Å². The number of aliphatic hydroxyl groups excluding tert-OH is 1. The van der Waals surface area contributed by atoms with Crippen molar-refractivity contribution in [2.24, 2.45) is 11.8 Å². The van der Waals surface area contributed by atoms with E-state index in [1.54, 1.807) is 12.4 Å². The highest BCUT2D eigenvalue weighted by molar-refractivity contribution is 5.71. The molecule has 2 unspecified atom stereocenters. The third-order valence-corrected chi connectivity index (χ3v) is 3.93. The number of pyridine rings is 1. The number of nitrogens with zero attached hydrogens (tertiary/aromatic N) is 3. The van der Waals surface area contributed by atoms with Crippen LogP contribution in [0.5, 0.6) is 0 Å². The Labute approximate surface area is 112 Å². The summed E-state index contributed by atoms with van der Waals surface area (Å²) in [5.41, 5.74) is 1.47. The average Bonchev–Trinajstić information content (AvgIpc) is 2.92. The second-order valence-electron chi connectivity index (χ2n) is 5.11. The molecule has 0 bridgehead atoms. The molecule has 2 aromatic heterocycles. The summed E-state index contributed by atoms with van der Waals surface area (Å²) < 4.78 is 0. The fourth-order valence-electron chi connectivity index (χ4n) is 2.81. The number of hydrogen-bond acceptors (Lipinski definition) is 5. The van der Waals surface area contributed by atoms with Gasteiger partial charge in [0.05, 0.1) is 0 Å². The first-order valence-electron chi connectivity index (χ1n) is 6.79. The molecule has 2 N–H and O–H groups in total. The number of rotatable bonds is 4. The quantitative estimate of drug-likeness (QED) is 0.875. The van der Waals surface area contributed by atoms with E-state index in [0.717, 1.165) is 24.3 Å². The molecule has 1 saturated carbocycles. The highest BCUT2D eigenvalue weighted by atomic mass is 16.3. The lowest BCUT2D eigenvalue weighted by Crippen LogP contribution is -2.21. The van der Waals surface area contributed by atoms with Crippen LogP contribution in [-0.2, 0) is 0 Å². The predicted octanol–water partition coefficient (Wildman–Crippen LogP) is 1.85. The number of hydrogen-bond donors (Lipinski definition) is 2. The van der Waals surface area contributed by atoms with Crippen molar-refractivity contribution < 1.29 is 5.11 Å². The maximum atomic E-state index is 9.31. The maximum absolute atomic E-state index is 9.31. The van der Waals surface area contributed by atoms with Crippen LogP contribution < -0.4 is 5.32 Å². The van der Waals surface area contributed by atoms with Crippen LogP contribution in [0.4, 0.5) is 5.82 Å². The van der Waals surface area contributed by atoms with Gasteiger partial charge in [-0.2, -0.15) is 0 Å². The lowest BCUT2D eigenvalue weighted by Gasteiger charge is -2.18. The first-order valence-corrected chi connectivity index (χ1v) is 6.79. The van der Waals surface area contributed by atoms with Crippen molar-refractivity contribution >= 4 is 17.0 Å². The maximum Gasteiger partial charge on any atom is 0.180 e. The summed E-state index contributed by atoms with van der Waals surface area (Å²) in [6, 6.07) is 3.86. The van der Waals surface area contributed by atoms with Crippen LogP contribution in [0, 0.1) is 11.8 Å². The Bertz CT molecular complexity index is 560. The third-order valence-electron chi connectivity index (χ3n) is 3.93. The largest absolute Gasteiger partial charge is 0.396 e. The molecule has 1 aliphatic rings. The second-order valence-corrected chi connectivity index (χ2v) is 5.11. The summed E-state index contributed by atoms with van der Waals surface area (Å²) in [5.74, 6) is 1.81. The van der Waals surface area contributed by atoms with Crippen molar-refractivity contribution in [1.29, 1.82) is 0 Å². The zero-order chi connectivity index (χ0) is 13.1. The molecule has 0 amide bonds. The summed E-state index contributed by atoms with van der Waals surface area (Å²) in [6.45, 7) is 1.16. The van der Waals surface area contributed by atoms with E-state index < -0.39 is 0 Å². The van der Waals surface area contributed by atoms with E-state index in [0.29, 0.717) is 24.1 Å². The molecule has 19 heavy (non-hydrogen) atoms. The van der Waals surface area contributed by atoms with E-state index in [1.165, 1.54) is 12.8 Å². The molecule has 0 aromatic carbocycles. The topological polar surface area (TPSA) is 70.9 Å². The van der Waals surface area contributed by atoms with Crippen molar-refractivity contribution in [3.63, 3.8) is 0 Å². The number of aromatic nitrogens is 3. The SMILES string of the molecule is OCC1CCCC1CNc1ccc2nccnc2n1. The molecule has 2 heterocycles. The molecule has 0 radical (unpaired) electrons. The van der Waals surface area contributed by atoms with E-state index in [2.05, 4.69) is 20.3 Å². The normalized spacial score (nSPS) is 22.8. The third kappa shape index (κ3) is 2.66.